The van der Waals surface area contributed by atoms with Gasteiger partial charge in [0, 0.05) is 34.2 Å². The number of para-hydroxylation sites is 1. The molecule has 6 heteroatoms. The maximum Gasteiger partial charge on any atom is 0.319 e. The summed E-state index contributed by atoms with van der Waals surface area (Å²) in [6.07, 6.45) is 2.14. The molecule has 3 rings (SSSR count). The molecule has 1 aliphatic rings. The normalized spacial score (nSPS) is 18.3. The lowest BCUT2D eigenvalue weighted by molar-refractivity contribution is 0.157. The van der Waals surface area contributed by atoms with Crippen LogP contribution in [0.1, 0.15) is 18.4 Å². The van der Waals surface area contributed by atoms with Crippen LogP contribution >= 0.6 is 11.3 Å². The Morgan fingerprint density at radius 3 is 2.83 bits per heavy atom. The van der Waals surface area contributed by atoms with Gasteiger partial charge in [-0.1, -0.05) is 23.5 Å². The maximum absolute atomic E-state index is 12.2. The molecule has 1 fully saturated rings. The zero-order valence-corrected chi connectivity index (χ0v) is 15.1. The summed E-state index contributed by atoms with van der Waals surface area (Å²) in [5.41, 5.74) is 2.32. The standard InChI is InChI=1S/C17H24N4OS/c1-12-7-5-9-14-15(12)18-16(23-14)21-10-6-8-13(11-21)20(4)17(22)19(2)3/h5,7,9,13H,6,8,10-11H2,1-4H3. The zero-order valence-electron chi connectivity index (χ0n) is 14.2. The topological polar surface area (TPSA) is 39.7 Å². The number of urea groups is 1. The number of amides is 2. The summed E-state index contributed by atoms with van der Waals surface area (Å²) in [7, 11) is 5.50. The molecular weight excluding hydrogens is 308 g/mol. The van der Waals surface area contributed by atoms with Crippen LogP contribution in [0.4, 0.5) is 9.93 Å². The predicted octanol–water partition coefficient (Wildman–Crippen LogP) is 3.19. The number of fused-ring (bicyclic) bond motifs is 1. The number of aryl methyl sites for hydroxylation is 1. The third-order valence-corrected chi connectivity index (χ3v) is 5.59. The lowest BCUT2D eigenvalue weighted by atomic mass is 10.1. The molecule has 1 aromatic heterocycles. The number of benzene rings is 1. The van der Waals surface area contributed by atoms with E-state index in [1.807, 2.05) is 11.9 Å². The number of nitrogens with zero attached hydrogens (tertiary/aromatic N) is 4. The number of hydrogen-bond acceptors (Lipinski definition) is 4. The average molecular weight is 332 g/mol. The van der Waals surface area contributed by atoms with Crippen LogP contribution in [0.5, 0.6) is 0 Å². The molecule has 1 atom stereocenters. The molecule has 0 saturated carbocycles. The van der Waals surface area contributed by atoms with Gasteiger partial charge in [0.25, 0.3) is 0 Å². The van der Waals surface area contributed by atoms with E-state index in [2.05, 4.69) is 30.0 Å². The van der Waals surface area contributed by atoms with E-state index in [1.54, 1.807) is 30.3 Å². The van der Waals surface area contributed by atoms with Gasteiger partial charge in [-0.15, -0.1) is 0 Å². The first-order chi connectivity index (χ1) is 11.0. The monoisotopic (exact) mass is 332 g/mol. The summed E-state index contributed by atoms with van der Waals surface area (Å²) in [4.78, 5) is 22.9. The van der Waals surface area contributed by atoms with Crippen molar-refractivity contribution in [3.63, 3.8) is 0 Å². The lowest BCUT2D eigenvalue weighted by Crippen LogP contribution is -2.51. The molecule has 1 aliphatic heterocycles. The van der Waals surface area contributed by atoms with Crippen LogP contribution in [-0.2, 0) is 0 Å². The summed E-state index contributed by atoms with van der Waals surface area (Å²) in [6, 6.07) is 6.63. The van der Waals surface area contributed by atoms with E-state index in [-0.39, 0.29) is 12.1 Å². The van der Waals surface area contributed by atoms with Crippen LogP contribution < -0.4 is 4.90 Å². The minimum Gasteiger partial charge on any atom is -0.346 e. The second-order valence-electron chi connectivity index (χ2n) is 6.45. The molecule has 0 radical (unpaired) electrons. The minimum atomic E-state index is 0.0667. The van der Waals surface area contributed by atoms with E-state index in [0.29, 0.717) is 0 Å². The van der Waals surface area contributed by atoms with Crippen molar-refractivity contribution in [2.45, 2.75) is 25.8 Å². The molecule has 1 saturated heterocycles. The van der Waals surface area contributed by atoms with Gasteiger partial charge in [0.05, 0.1) is 16.3 Å². The highest BCUT2D eigenvalue weighted by Gasteiger charge is 2.28. The van der Waals surface area contributed by atoms with E-state index >= 15 is 0 Å². The van der Waals surface area contributed by atoms with Gasteiger partial charge < -0.3 is 14.7 Å². The summed E-state index contributed by atoms with van der Waals surface area (Å²) in [6.45, 7) is 3.97. The van der Waals surface area contributed by atoms with Gasteiger partial charge >= 0.3 is 6.03 Å². The van der Waals surface area contributed by atoms with E-state index in [0.717, 1.165) is 36.6 Å². The van der Waals surface area contributed by atoms with E-state index in [1.165, 1.54) is 10.3 Å². The van der Waals surface area contributed by atoms with E-state index in [9.17, 15) is 4.79 Å². The first kappa shape index (κ1) is 16.1. The Labute approximate surface area is 141 Å². The van der Waals surface area contributed by atoms with Gasteiger partial charge in [0.1, 0.15) is 0 Å². The molecule has 2 aromatic rings. The molecule has 23 heavy (non-hydrogen) atoms. The van der Waals surface area contributed by atoms with Gasteiger partial charge in [-0.3, -0.25) is 0 Å². The molecule has 0 spiro atoms. The van der Waals surface area contributed by atoms with Gasteiger partial charge in [-0.2, -0.15) is 0 Å². The minimum absolute atomic E-state index is 0.0667. The fourth-order valence-electron chi connectivity index (χ4n) is 3.13. The van der Waals surface area contributed by atoms with E-state index < -0.39 is 0 Å². The van der Waals surface area contributed by atoms with E-state index in [4.69, 9.17) is 4.98 Å². The summed E-state index contributed by atoms with van der Waals surface area (Å²) in [5.74, 6) is 0. The number of aromatic nitrogens is 1. The van der Waals surface area contributed by atoms with Crippen molar-refractivity contribution in [2.75, 3.05) is 39.1 Å². The molecule has 0 bridgehead atoms. The fourth-order valence-corrected chi connectivity index (χ4v) is 4.20. The van der Waals surface area contributed by atoms with Crippen LogP contribution in [0.3, 0.4) is 0 Å². The maximum atomic E-state index is 12.2. The highest BCUT2D eigenvalue weighted by Crippen LogP contribution is 2.32. The Morgan fingerprint density at radius 2 is 2.13 bits per heavy atom. The van der Waals surface area contributed by atoms with Gasteiger partial charge in [-0.25, -0.2) is 9.78 Å². The molecule has 124 valence electrons. The third kappa shape index (κ3) is 3.13. The fraction of sp³-hybridized carbons (Fsp3) is 0.529. The molecule has 2 amide bonds. The molecule has 0 N–H and O–H groups in total. The Hall–Kier alpha value is -1.82. The van der Waals surface area contributed by atoms with Crippen molar-refractivity contribution in [3.05, 3.63) is 23.8 Å². The number of carbonyl (C=O) groups excluding carboxylic acids is 1. The molecule has 5 nitrogen and oxygen atoms in total. The number of hydrogen-bond donors (Lipinski definition) is 0. The van der Waals surface area contributed by atoms with Crippen molar-refractivity contribution < 1.29 is 4.79 Å². The first-order valence-electron chi connectivity index (χ1n) is 8.02. The Kier molecular flexibility index (Phi) is 4.43. The Balaban J connectivity index is 1.80. The van der Waals surface area contributed by atoms with Gasteiger partial charge in [-0.05, 0) is 31.4 Å². The second kappa shape index (κ2) is 6.35. The Morgan fingerprint density at radius 1 is 1.35 bits per heavy atom. The van der Waals surface area contributed by atoms with Gasteiger partial charge in [0.2, 0.25) is 0 Å². The van der Waals surface area contributed by atoms with Crippen LogP contribution in [0, 0.1) is 6.92 Å². The summed E-state index contributed by atoms with van der Waals surface area (Å²) >= 11 is 1.75. The average Bonchev–Trinajstić information content (AvgIpc) is 2.99. The van der Waals surface area contributed by atoms with Crippen molar-refractivity contribution in [2.24, 2.45) is 0 Å². The van der Waals surface area contributed by atoms with Crippen molar-refractivity contribution >= 4 is 32.7 Å². The van der Waals surface area contributed by atoms with Crippen molar-refractivity contribution in [1.82, 2.24) is 14.8 Å². The molecule has 1 aromatic carbocycles. The Bertz CT molecular complexity index is 712. The number of carbonyl (C=O) groups is 1. The van der Waals surface area contributed by atoms with Crippen molar-refractivity contribution in [3.8, 4) is 0 Å². The molecule has 2 heterocycles. The van der Waals surface area contributed by atoms with Crippen LogP contribution in [0.15, 0.2) is 18.2 Å². The highest BCUT2D eigenvalue weighted by molar-refractivity contribution is 7.22. The van der Waals surface area contributed by atoms with Gasteiger partial charge in [0.15, 0.2) is 5.13 Å². The number of likely N-dealkylation sites (N-methyl/N-ethyl adjacent to an activating group) is 1. The predicted molar refractivity (Wildman–Crippen MR) is 96.4 cm³/mol. The quantitative estimate of drug-likeness (QED) is 0.848. The van der Waals surface area contributed by atoms with Crippen LogP contribution in [0.2, 0.25) is 0 Å². The highest BCUT2D eigenvalue weighted by atomic mass is 32.1. The largest absolute Gasteiger partial charge is 0.346 e. The van der Waals surface area contributed by atoms with Crippen molar-refractivity contribution in [1.29, 1.82) is 0 Å². The lowest BCUT2D eigenvalue weighted by Gasteiger charge is -2.38. The first-order valence-corrected chi connectivity index (χ1v) is 8.84. The van der Waals surface area contributed by atoms with Crippen LogP contribution in [0.25, 0.3) is 10.2 Å². The number of anilines is 1. The second-order valence-corrected chi connectivity index (χ2v) is 7.46. The van der Waals surface area contributed by atoms with Crippen LogP contribution in [-0.4, -0.2) is 61.1 Å². The SMILES string of the molecule is Cc1cccc2sc(N3CCCC(N(C)C(=O)N(C)C)C3)nc12. The molecule has 0 aliphatic carbocycles. The zero-order chi connectivity index (χ0) is 16.6. The summed E-state index contributed by atoms with van der Waals surface area (Å²) < 4.78 is 1.24. The molecular formula is C17H24N4OS. The third-order valence-electron chi connectivity index (χ3n) is 4.51. The smallest absolute Gasteiger partial charge is 0.319 e. The number of rotatable bonds is 2. The number of piperidine rings is 1. The molecule has 1 unspecified atom stereocenters. The summed E-state index contributed by atoms with van der Waals surface area (Å²) in [5, 5.41) is 1.07. The number of thiazole rings is 1.